The minimum atomic E-state index is 0.815. The Bertz CT molecular complexity index is 689. The molecule has 2 atom stereocenters. The summed E-state index contributed by atoms with van der Waals surface area (Å²) in [5, 5.41) is 0. The summed E-state index contributed by atoms with van der Waals surface area (Å²) in [6.45, 7) is 9.20. The molecule has 0 radical (unpaired) electrons. The van der Waals surface area contributed by atoms with Crippen LogP contribution in [0.2, 0.25) is 0 Å². The summed E-state index contributed by atoms with van der Waals surface area (Å²) in [5.41, 5.74) is 5.10. The first kappa shape index (κ1) is 24.3. The highest BCUT2D eigenvalue weighted by Gasteiger charge is 2.08. The lowest BCUT2D eigenvalue weighted by molar-refractivity contribution is 0.449. The van der Waals surface area contributed by atoms with Gasteiger partial charge in [0.2, 0.25) is 0 Å². The van der Waals surface area contributed by atoms with Crippen molar-refractivity contribution in [3.8, 4) is 11.8 Å². The first-order chi connectivity index (χ1) is 14.7. The van der Waals surface area contributed by atoms with Crippen molar-refractivity contribution in [3.05, 3.63) is 70.8 Å². The lowest BCUT2D eigenvalue weighted by Crippen LogP contribution is -2.03. The molecule has 2 aromatic carbocycles. The van der Waals surface area contributed by atoms with Gasteiger partial charge in [-0.3, -0.25) is 0 Å². The van der Waals surface area contributed by atoms with Crippen molar-refractivity contribution in [3.63, 3.8) is 0 Å². The summed E-state index contributed by atoms with van der Waals surface area (Å²) in [7, 11) is 0. The average Bonchev–Trinajstić information content (AvgIpc) is 2.79. The van der Waals surface area contributed by atoms with E-state index in [1.165, 1.54) is 75.3 Å². The lowest BCUT2D eigenvalue weighted by atomic mass is 9.91. The van der Waals surface area contributed by atoms with E-state index in [9.17, 15) is 0 Å². The topological polar surface area (TPSA) is 0 Å². The number of benzene rings is 2. The smallest absolute Gasteiger partial charge is 0.0249 e. The molecule has 0 saturated heterocycles. The molecule has 0 aromatic heterocycles. The molecule has 162 valence electrons. The van der Waals surface area contributed by atoms with Crippen LogP contribution in [0.4, 0.5) is 0 Å². The Morgan fingerprint density at radius 2 is 0.933 bits per heavy atom. The fourth-order valence-electron chi connectivity index (χ4n) is 4.15. The van der Waals surface area contributed by atoms with E-state index < -0.39 is 0 Å². The van der Waals surface area contributed by atoms with Crippen LogP contribution >= 0.6 is 0 Å². The molecular formula is C30H42. The minimum Gasteiger partial charge on any atom is -0.0654 e. The highest BCUT2D eigenvalue weighted by atomic mass is 14.1. The quantitative estimate of drug-likeness (QED) is 0.312. The van der Waals surface area contributed by atoms with Gasteiger partial charge < -0.3 is 0 Å². The van der Waals surface area contributed by atoms with Crippen molar-refractivity contribution in [1.29, 1.82) is 0 Å². The van der Waals surface area contributed by atoms with Crippen LogP contribution in [-0.4, -0.2) is 0 Å². The second-order valence-electron chi connectivity index (χ2n) is 8.89. The van der Waals surface area contributed by atoms with Crippen LogP contribution in [0.1, 0.15) is 101 Å². The second kappa shape index (κ2) is 14.1. The number of unbranched alkanes of at least 4 members (excludes halogenated alkanes) is 2. The largest absolute Gasteiger partial charge is 0.0654 e. The Balaban J connectivity index is 1.92. The fraction of sp³-hybridized carbons (Fsp3) is 0.533. The van der Waals surface area contributed by atoms with Crippen LogP contribution in [0.15, 0.2) is 48.5 Å². The molecule has 0 saturated carbocycles. The van der Waals surface area contributed by atoms with Crippen molar-refractivity contribution in [2.75, 3.05) is 0 Å². The van der Waals surface area contributed by atoms with Crippen molar-refractivity contribution in [2.45, 2.75) is 91.9 Å². The van der Waals surface area contributed by atoms with Crippen LogP contribution in [0, 0.1) is 23.7 Å². The monoisotopic (exact) mass is 402 g/mol. The van der Waals surface area contributed by atoms with E-state index >= 15 is 0 Å². The van der Waals surface area contributed by atoms with Crippen LogP contribution < -0.4 is 0 Å². The summed E-state index contributed by atoms with van der Waals surface area (Å²) < 4.78 is 0. The van der Waals surface area contributed by atoms with Crippen molar-refractivity contribution < 1.29 is 0 Å². The van der Waals surface area contributed by atoms with Gasteiger partial charge in [0.25, 0.3) is 0 Å². The molecule has 0 nitrogen and oxygen atoms in total. The zero-order valence-corrected chi connectivity index (χ0v) is 19.8. The zero-order valence-electron chi connectivity index (χ0n) is 19.8. The maximum Gasteiger partial charge on any atom is 0.0249 e. The first-order valence-corrected chi connectivity index (χ1v) is 12.4. The Morgan fingerprint density at radius 1 is 0.567 bits per heavy atom. The highest BCUT2D eigenvalue weighted by molar-refractivity contribution is 5.44. The van der Waals surface area contributed by atoms with Crippen LogP contribution in [0.5, 0.6) is 0 Å². The Labute approximate surface area is 186 Å². The lowest BCUT2D eigenvalue weighted by Gasteiger charge is -2.14. The van der Waals surface area contributed by atoms with Gasteiger partial charge in [0.1, 0.15) is 0 Å². The molecule has 0 N–H and O–H groups in total. The zero-order chi connectivity index (χ0) is 21.6. The maximum atomic E-state index is 3.34. The van der Waals surface area contributed by atoms with E-state index in [0.29, 0.717) is 0 Å². The number of hydrogen-bond donors (Lipinski definition) is 0. The number of rotatable bonds is 12. The van der Waals surface area contributed by atoms with Gasteiger partial charge in [0, 0.05) is 11.1 Å². The van der Waals surface area contributed by atoms with Gasteiger partial charge in [0.05, 0.1) is 0 Å². The van der Waals surface area contributed by atoms with Gasteiger partial charge >= 0.3 is 0 Å². The van der Waals surface area contributed by atoms with E-state index in [1.807, 2.05) is 0 Å². The molecule has 0 fully saturated rings. The van der Waals surface area contributed by atoms with Gasteiger partial charge in [-0.15, -0.1) is 0 Å². The van der Waals surface area contributed by atoms with Crippen molar-refractivity contribution in [2.24, 2.45) is 11.8 Å². The van der Waals surface area contributed by atoms with Crippen molar-refractivity contribution >= 4 is 0 Å². The molecule has 2 rings (SSSR count). The molecular weight excluding hydrogens is 360 g/mol. The molecule has 0 heteroatoms. The molecule has 0 aliphatic carbocycles. The first-order valence-electron chi connectivity index (χ1n) is 12.4. The Kier molecular flexibility index (Phi) is 11.4. The normalized spacial score (nSPS) is 12.8. The van der Waals surface area contributed by atoms with E-state index in [0.717, 1.165) is 23.0 Å². The second-order valence-corrected chi connectivity index (χ2v) is 8.89. The molecule has 0 aliphatic rings. The molecule has 0 spiro atoms. The minimum absolute atomic E-state index is 0.815. The Morgan fingerprint density at radius 3 is 1.23 bits per heavy atom. The van der Waals surface area contributed by atoms with Gasteiger partial charge in [0.15, 0.2) is 0 Å². The van der Waals surface area contributed by atoms with E-state index in [-0.39, 0.29) is 0 Å². The van der Waals surface area contributed by atoms with Gasteiger partial charge in [-0.05, 0) is 60.1 Å². The van der Waals surface area contributed by atoms with Crippen LogP contribution in [0.25, 0.3) is 0 Å². The van der Waals surface area contributed by atoms with Crippen LogP contribution in [-0.2, 0) is 12.8 Å². The summed E-state index contributed by atoms with van der Waals surface area (Å²) in [6, 6.07) is 17.8. The molecule has 30 heavy (non-hydrogen) atoms. The third kappa shape index (κ3) is 8.79. The summed E-state index contributed by atoms with van der Waals surface area (Å²) in [5.74, 6) is 8.31. The van der Waals surface area contributed by atoms with Gasteiger partial charge in [-0.2, -0.15) is 0 Å². The number of hydrogen-bond acceptors (Lipinski definition) is 0. The predicted molar refractivity (Wildman–Crippen MR) is 133 cm³/mol. The van der Waals surface area contributed by atoms with Gasteiger partial charge in [-0.25, -0.2) is 0 Å². The highest BCUT2D eigenvalue weighted by Crippen LogP contribution is 2.20. The van der Waals surface area contributed by atoms with Gasteiger partial charge in [-0.1, -0.05) is 115 Å². The fourth-order valence-corrected chi connectivity index (χ4v) is 4.15. The van der Waals surface area contributed by atoms with E-state index in [1.54, 1.807) is 0 Å². The third-order valence-electron chi connectivity index (χ3n) is 6.39. The molecule has 2 unspecified atom stereocenters. The average molecular weight is 403 g/mol. The maximum absolute atomic E-state index is 3.34. The van der Waals surface area contributed by atoms with E-state index in [4.69, 9.17) is 0 Å². The summed E-state index contributed by atoms with van der Waals surface area (Å²) in [4.78, 5) is 0. The molecule has 0 heterocycles. The molecule has 0 bridgehead atoms. The summed E-state index contributed by atoms with van der Waals surface area (Å²) >= 11 is 0. The SMILES string of the molecule is CCCCC(CC)Cc1ccc(C#Cc2ccc(CC(CC)CCCC)cc2)cc1. The standard InChI is InChI=1S/C30H42/c1-5-9-11-25(7-3)23-29-19-15-27(16-20-29)13-14-28-17-21-30(22-18-28)24-26(8-4)12-10-6-2/h15-22,25-26H,5-12,23-24H2,1-4H3. The third-order valence-corrected chi connectivity index (χ3v) is 6.39. The molecule has 0 amide bonds. The van der Waals surface area contributed by atoms with Crippen LogP contribution in [0.3, 0.4) is 0 Å². The molecule has 2 aromatic rings. The Hall–Kier alpha value is -2.00. The predicted octanol–water partition coefficient (Wildman–Crippen LogP) is 8.60. The summed E-state index contributed by atoms with van der Waals surface area (Å²) in [6.07, 6.45) is 12.9. The molecule has 0 aliphatic heterocycles. The van der Waals surface area contributed by atoms with E-state index in [2.05, 4.69) is 88.1 Å². The van der Waals surface area contributed by atoms with Crippen molar-refractivity contribution in [1.82, 2.24) is 0 Å².